The van der Waals surface area contributed by atoms with Crippen molar-refractivity contribution in [1.29, 1.82) is 0 Å². The highest BCUT2D eigenvalue weighted by molar-refractivity contribution is 5.96. The van der Waals surface area contributed by atoms with Crippen molar-refractivity contribution in [3.63, 3.8) is 0 Å². The van der Waals surface area contributed by atoms with Crippen molar-refractivity contribution in [3.8, 4) is 67.3 Å². The summed E-state index contributed by atoms with van der Waals surface area (Å²) in [6.07, 6.45) is 0. The summed E-state index contributed by atoms with van der Waals surface area (Å²) in [5, 5.41) is 0. The molecular weight excluding hydrogens is 619 g/mol. The summed E-state index contributed by atoms with van der Waals surface area (Å²) in [6.45, 7) is 7.78. The second kappa shape index (κ2) is 11.3. The Bertz CT molecular complexity index is 2580. The van der Waals surface area contributed by atoms with Crippen LogP contribution < -0.4 is 0 Å². The van der Waals surface area contributed by atoms with Gasteiger partial charge in [-0.15, -0.1) is 0 Å². The third-order valence-electron chi connectivity index (χ3n) is 10.5. The summed E-state index contributed by atoms with van der Waals surface area (Å²) in [7, 11) is 0. The molecule has 0 atom stereocenters. The average molecular weight is 648 g/mol. The fraction of sp³-hybridized carbons (Fsp3) is 0.0208. The summed E-state index contributed by atoms with van der Waals surface area (Å²) < 4.78 is 0. The zero-order valence-corrected chi connectivity index (χ0v) is 27.6. The molecule has 7 aromatic carbocycles. The van der Waals surface area contributed by atoms with Crippen molar-refractivity contribution in [3.05, 3.63) is 210 Å². The molecule has 0 bridgehead atoms. The minimum Gasteiger partial charge on any atom is -0.238 e. The van der Waals surface area contributed by atoms with Crippen molar-refractivity contribution < 1.29 is 0 Å². The maximum absolute atomic E-state index is 7.78. The third kappa shape index (κ3) is 4.37. The first kappa shape index (κ1) is 29.1. The van der Waals surface area contributed by atoms with Crippen LogP contribution in [0.25, 0.3) is 72.1 Å². The van der Waals surface area contributed by atoms with Crippen molar-refractivity contribution >= 4 is 5.69 Å². The molecule has 0 saturated carbocycles. The van der Waals surface area contributed by atoms with Crippen molar-refractivity contribution in [1.82, 2.24) is 9.97 Å². The molecule has 0 fully saturated rings. The number of nitrogens with zero attached hydrogens (tertiary/aromatic N) is 3. The molecule has 10 rings (SSSR count). The van der Waals surface area contributed by atoms with Gasteiger partial charge in [0.15, 0.2) is 11.5 Å². The van der Waals surface area contributed by atoms with Gasteiger partial charge < -0.3 is 0 Å². The maximum atomic E-state index is 7.78. The molecule has 8 aromatic rings. The average Bonchev–Trinajstić information content (AvgIpc) is 3.68. The SMILES string of the molecule is [C-]#[N+]c1ccc2c(c1)-c1ccc(-c3ccc(-c4cc(-c5ccccc5)nc(-c5ccccc5)n4)cc3)cc1C21c2ccccc2-c2ccccc21. The van der Waals surface area contributed by atoms with Gasteiger partial charge in [0.1, 0.15) is 0 Å². The molecule has 0 unspecified atom stereocenters. The van der Waals surface area contributed by atoms with E-state index in [4.69, 9.17) is 16.5 Å². The van der Waals surface area contributed by atoms with Crippen LogP contribution in [0.1, 0.15) is 22.3 Å². The number of hydrogen-bond acceptors (Lipinski definition) is 2. The van der Waals surface area contributed by atoms with Crippen LogP contribution in [0.4, 0.5) is 5.69 Å². The van der Waals surface area contributed by atoms with E-state index in [2.05, 4.69) is 138 Å². The highest BCUT2D eigenvalue weighted by Crippen LogP contribution is 2.63. The number of fused-ring (bicyclic) bond motifs is 10. The number of aromatic nitrogens is 2. The van der Waals surface area contributed by atoms with Gasteiger partial charge in [0.05, 0.1) is 23.4 Å². The van der Waals surface area contributed by atoms with Gasteiger partial charge in [-0.2, -0.15) is 0 Å². The minimum absolute atomic E-state index is 0.461. The van der Waals surface area contributed by atoms with Crippen LogP contribution in [-0.4, -0.2) is 9.97 Å². The molecule has 3 nitrogen and oxygen atoms in total. The van der Waals surface area contributed by atoms with E-state index in [0.717, 1.165) is 44.8 Å². The lowest BCUT2D eigenvalue weighted by atomic mass is 9.70. The topological polar surface area (TPSA) is 30.1 Å². The molecule has 0 radical (unpaired) electrons. The summed E-state index contributed by atoms with van der Waals surface area (Å²) in [6, 6.07) is 62.0. The number of rotatable bonds is 4. The Morgan fingerprint density at radius 1 is 0.373 bits per heavy atom. The van der Waals surface area contributed by atoms with E-state index in [1.165, 1.54) is 38.9 Å². The molecule has 2 aliphatic carbocycles. The lowest BCUT2D eigenvalue weighted by molar-refractivity contribution is 0.794. The zero-order valence-electron chi connectivity index (χ0n) is 27.6. The Morgan fingerprint density at radius 3 is 1.53 bits per heavy atom. The Kier molecular flexibility index (Phi) is 6.46. The van der Waals surface area contributed by atoms with Crippen LogP contribution in [0.3, 0.4) is 0 Å². The quantitative estimate of drug-likeness (QED) is 0.178. The van der Waals surface area contributed by atoms with E-state index >= 15 is 0 Å². The maximum Gasteiger partial charge on any atom is 0.187 e. The summed E-state index contributed by atoms with van der Waals surface area (Å²) >= 11 is 0. The molecule has 1 aromatic heterocycles. The smallest absolute Gasteiger partial charge is 0.187 e. The Morgan fingerprint density at radius 2 is 0.882 bits per heavy atom. The van der Waals surface area contributed by atoms with E-state index in [1.54, 1.807) is 0 Å². The molecular formula is C48H29N3. The van der Waals surface area contributed by atoms with Gasteiger partial charge in [0.2, 0.25) is 0 Å². The first-order valence-electron chi connectivity index (χ1n) is 17.2. The Balaban J connectivity index is 1.12. The molecule has 0 amide bonds. The summed E-state index contributed by atoms with van der Waals surface area (Å²) in [5.41, 5.74) is 17.3. The van der Waals surface area contributed by atoms with Gasteiger partial charge in [0.25, 0.3) is 0 Å². The molecule has 51 heavy (non-hydrogen) atoms. The third-order valence-corrected chi connectivity index (χ3v) is 10.5. The van der Waals surface area contributed by atoms with Crippen LogP contribution in [-0.2, 0) is 5.41 Å². The van der Waals surface area contributed by atoms with Gasteiger partial charge in [0, 0.05) is 16.7 Å². The van der Waals surface area contributed by atoms with Crippen LogP contribution >= 0.6 is 0 Å². The lowest BCUT2D eigenvalue weighted by Crippen LogP contribution is -2.25. The van der Waals surface area contributed by atoms with Gasteiger partial charge >= 0.3 is 0 Å². The van der Waals surface area contributed by atoms with Gasteiger partial charge in [-0.25, -0.2) is 14.8 Å². The Hall–Kier alpha value is -6.89. The molecule has 0 aliphatic heterocycles. The van der Waals surface area contributed by atoms with E-state index in [9.17, 15) is 0 Å². The second-order valence-electron chi connectivity index (χ2n) is 13.2. The van der Waals surface area contributed by atoms with E-state index in [1.807, 2.05) is 42.5 Å². The lowest BCUT2D eigenvalue weighted by Gasteiger charge is -2.30. The first-order chi connectivity index (χ1) is 25.2. The highest BCUT2D eigenvalue weighted by Gasteiger charge is 2.51. The summed E-state index contributed by atoms with van der Waals surface area (Å²) in [4.78, 5) is 13.8. The van der Waals surface area contributed by atoms with Gasteiger partial charge in [-0.3, -0.25) is 0 Å². The molecule has 1 spiro atoms. The molecule has 2 aliphatic rings. The molecule has 1 heterocycles. The number of benzene rings is 7. The van der Waals surface area contributed by atoms with Gasteiger partial charge in [-0.1, -0.05) is 158 Å². The molecule has 0 N–H and O–H groups in total. The molecule has 236 valence electrons. The largest absolute Gasteiger partial charge is 0.238 e. The fourth-order valence-corrected chi connectivity index (χ4v) is 8.28. The fourth-order valence-electron chi connectivity index (χ4n) is 8.28. The van der Waals surface area contributed by atoms with Crippen LogP contribution in [0.2, 0.25) is 0 Å². The zero-order chi connectivity index (χ0) is 33.9. The van der Waals surface area contributed by atoms with Crippen LogP contribution in [0.15, 0.2) is 176 Å². The first-order valence-corrected chi connectivity index (χ1v) is 17.2. The van der Waals surface area contributed by atoms with E-state index < -0.39 is 5.41 Å². The normalized spacial score (nSPS) is 12.8. The Labute approximate surface area is 297 Å². The minimum atomic E-state index is -0.461. The van der Waals surface area contributed by atoms with E-state index in [0.29, 0.717) is 11.5 Å². The predicted molar refractivity (Wildman–Crippen MR) is 206 cm³/mol. The standard InChI is InChI=1S/C48H29N3/c1-49-36-25-27-43-40(29-36)39-26-24-35(28-44(39)48(43)41-18-10-8-16-37(41)38-17-9-11-19-42(38)48)31-20-22-33(23-21-31)46-30-45(32-12-4-2-5-13-32)50-47(51-46)34-14-6-3-7-15-34/h2-30H. The second-order valence-corrected chi connectivity index (χ2v) is 13.2. The van der Waals surface area contributed by atoms with Crippen molar-refractivity contribution in [2.24, 2.45) is 0 Å². The van der Waals surface area contributed by atoms with Gasteiger partial charge in [-0.05, 0) is 73.8 Å². The van der Waals surface area contributed by atoms with Crippen LogP contribution in [0.5, 0.6) is 0 Å². The predicted octanol–water partition coefficient (Wildman–Crippen LogP) is 12.0. The van der Waals surface area contributed by atoms with Crippen molar-refractivity contribution in [2.45, 2.75) is 5.41 Å². The molecule has 0 saturated heterocycles. The number of hydrogen-bond donors (Lipinski definition) is 0. The molecule has 3 heteroatoms. The monoisotopic (exact) mass is 647 g/mol. The summed E-state index contributed by atoms with van der Waals surface area (Å²) in [5.74, 6) is 0.706. The van der Waals surface area contributed by atoms with E-state index in [-0.39, 0.29) is 0 Å². The van der Waals surface area contributed by atoms with Crippen molar-refractivity contribution in [2.75, 3.05) is 0 Å². The van der Waals surface area contributed by atoms with Crippen LogP contribution in [0, 0.1) is 6.57 Å². The highest BCUT2D eigenvalue weighted by atomic mass is 14.9.